The molecule has 0 spiro atoms. The summed E-state index contributed by atoms with van der Waals surface area (Å²) in [6, 6.07) is 16.2. The molecule has 2 aromatic heterocycles. The van der Waals surface area contributed by atoms with E-state index in [0.717, 1.165) is 49.2 Å². The zero-order chi connectivity index (χ0) is 23.0. The van der Waals surface area contributed by atoms with Crippen LogP contribution in [0.1, 0.15) is 22.1 Å². The predicted molar refractivity (Wildman–Crippen MR) is 130 cm³/mol. The highest BCUT2D eigenvalue weighted by atomic mass is 35.5. The zero-order valence-electron chi connectivity index (χ0n) is 18.2. The first-order chi connectivity index (χ1) is 16.1. The summed E-state index contributed by atoms with van der Waals surface area (Å²) in [5.41, 5.74) is 5.51. The number of aliphatic hydroxyl groups excluding tert-OH is 1. The molecule has 0 bridgehead atoms. The summed E-state index contributed by atoms with van der Waals surface area (Å²) in [5, 5.41) is 16.5. The quantitative estimate of drug-likeness (QED) is 0.223. The number of nitrogens with two attached hydrogens (primary N) is 1. The number of benzene rings is 3. The van der Waals surface area contributed by atoms with Gasteiger partial charge in [0, 0.05) is 40.6 Å². The molecule has 2 aliphatic heterocycles. The number of aromatic nitrogens is 2. The molecule has 0 radical (unpaired) electrons. The van der Waals surface area contributed by atoms with Crippen LogP contribution in [0.4, 0.5) is 0 Å². The van der Waals surface area contributed by atoms with Crippen LogP contribution in [0.5, 0.6) is 0 Å². The van der Waals surface area contributed by atoms with Crippen molar-refractivity contribution in [3.63, 3.8) is 0 Å². The first kappa shape index (κ1) is 20.5. The number of para-hydroxylation sites is 2. The topological polar surface area (TPSA) is 85.7 Å². The third-order valence-corrected chi connectivity index (χ3v) is 6.96. The molecule has 5 aromatic rings. The number of nitrogens with zero attached hydrogens (tertiary/aromatic N) is 3. The van der Waals surface area contributed by atoms with Gasteiger partial charge in [-0.2, -0.15) is 0 Å². The Morgan fingerprint density at radius 1 is 1.00 bits per heavy atom. The third kappa shape index (κ3) is 2.42. The molecule has 168 valence electrons. The van der Waals surface area contributed by atoms with Crippen LogP contribution in [-0.2, 0) is 17.8 Å². The monoisotopic (exact) mass is 462 g/mol. The molecule has 0 fully saturated rings. The molecule has 0 saturated heterocycles. The highest BCUT2D eigenvalue weighted by Crippen LogP contribution is 2.48. The number of alkyl halides is 1. The van der Waals surface area contributed by atoms with E-state index in [1.807, 2.05) is 42.5 Å². The molecule has 2 aliphatic rings. The number of ether oxygens (including phenoxy) is 1. The van der Waals surface area contributed by atoms with Gasteiger partial charge in [0.1, 0.15) is 6.10 Å². The van der Waals surface area contributed by atoms with Crippen LogP contribution in [-0.4, -0.2) is 44.8 Å². The van der Waals surface area contributed by atoms with Crippen LogP contribution in [0, 0.1) is 0 Å². The van der Waals surface area contributed by atoms with E-state index in [0.29, 0.717) is 18.7 Å². The molecule has 3 aromatic carbocycles. The average Bonchev–Trinajstić information content (AvgIpc) is 3.41. The maximum atomic E-state index is 13.2. The number of hydrogen-bond donors (Lipinski definition) is 2. The third-order valence-electron chi connectivity index (χ3n) is 6.96. The Hall–Kier alpha value is -3.10. The summed E-state index contributed by atoms with van der Waals surface area (Å²) in [6.45, 7) is 0.723. The van der Waals surface area contributed by atoms with Crippen LogP contribution in [0.2, 0.25) is 0 Å². The van der Waals surface area contributed by atoms with E-state index >= 15 is 0 Å². The van der Waals surface area contributed by atoms with Crippen LogP contribution < -0.4 is 5.84 Å². The van der Waals surface area contributed by atoms with Gasteiger partial charge >= 0.3 is 0 Å². The van der Waals surface area contributed by atoms with Crippen LogP contribution in [0.25, 0.3) is 43.6 Å². The smallest absolute Gasteiger partial charge is 0.269 e. The summed E-state index contributed by atoms with van der Waals surface area (Å²) >= 11 is 4.64. The van der Waals surface area contributed by atoms with Gasteiger partial charge in [-0.05, 0) is 17.7 Å². The molecular weight excluding hydrogens is 440 g/mol. The molecule has 8 heteroatoms. The van der Waals surface area contributed by atoms with E-state index in [-0.39, 0.29) is 5.91 Å². The number of hydrazine groups is 1. The van der Waals surface area contributed by atoms with Crippen molar-refractivity contribution < 1.29 is 14.6 Å². The molecule has 0 saturated carbocycles. The van der Waals surface area contributed by atoms with Gasteiger partial charge in [-0.25, -0.2) is 5.84 Å². The van der Waals surface area contributed by atoms with Crippen molar-refractivity contribution in [3.8, 4) is 0 Å². The molecule has 4 heterocycles. The number of carbonyl (C=O) groups is 1. The minimum Gasteiger partial charge on any atom is -0.387 e. The summed E-state index contributed by atoms with van der Waals surface area (Å²) in [7, 11) is 1.63. The summed E-state index contributed by atoms with van der Waals surface area (Å²) < 4.78 is 10.1. The molecule has 1 amide bonds. The maximum absolute atomic E-state index is 13.2. The van der Waals surface area contributed by atoms with E-state index < -0.39 is 12.3 Å². The van der Waals surface area contributed by atoms with Crippen LogP contribution in [0.15, 0.2) is 48.5 Å². The largest absolute Gasteiger partial charge is 0.387 e. The zero-order valence-corrected chi connectivity index (χ0v) is 19.0. The van der Waals surface area contributed by atoms with Crippen LogP contribution in [0.3, 0.4) is 0 Å². The molecule has 7 rings (SSSR count). The van der Waals surface area contributed by atoms with Crippen molar-refractivity contribution in [2.45, 2.75) is 25.4 Å². The lowest BCUT2D eigenvalue weighted by Crippen LogP contribution is -2.30. The number of amides is 1. The standard InChI is InChI=1S/C24H20N4O3.CH3Cl/c1-31-24-17(29)11-26-15-8-4-2-6-12(15)19-20-14(10-27(25)23(20)30)18-13-7-3-5-9-16(13)28(24)22(18)21(19)26;1-2/h2-9,17,24,29H,10-11,25H2,1H3;1H3/t17-,24?;/m0./s1. The van der Waals surface area contributed by atoms with Crippen molar-refractivity contribution in [2.75, 3.05) is 13.5 Å². The molecule has 7 nitrogen and oxygen atoms in total. The lowest BCUT2D eigenvalue weighted by atomic mass is 9.97. The van der Waals surface area contributed by atoms with Crippen LogP contribution >= 0.6 is 11.6 Å². The summed E-state index contributed by atoms with van der Waals surface area (Å²) in [5.74, 6) is 5.98. The summed E-state index contributed by atoms with van der Waals surface area (Å²) in [4.78, 5) is 13.2. The van der Waals surface area contributed by atoms with E-state index in [4.69, 9.17) is 10.6 Å². The molecule has 3 N–H and O–H groups in total. The minimum atomic E-state index is -0.757. The number of aliphatic hydroxyl groups is 1. The van der Waals surface area contributed by atoms with E-state index in [1.165, 1.54) is 11.4 Å². The van der Waals surface area contributed by atoms with Gasteiger partial charge in [-0.3, -0.25) is 9.80 Å². The second kappa shape index (κ2) is 7.20. The first-order valence-electron chi connectivity index (χ1n) is 10.8. The Morgan fingerprint density at radius 3 is 2.33 bits per heavy atom. The molecule has 2 atom stereocenters. The number of halogens is 1. The van der Waals surface area contributed by atoms with Crippen molar-refractivity contribution in [2.24, 2.45) is 5.84 Å². The van der Waals surface area contributed by atoms with Crippen molar-refractivity contribution in [3.05, 3.63) is 59.7 Å². The van der Waals surface area contributed by atoms with Gasteiger partial charge in [-0.1, -0.05) is 36.4 Å². The number of methoxy groups -OCH3 is 1. The van der Waals surface area contributed by atoms with E-state index in [1.54, 1.807) is 7.11 Å². The second-order valence-corrected chi connectivity index (χ2v) is 8.44. The fourth-order valence-corrected chi connectivity index (χ4v) is 5.83. The highest BCUT2D eigenvalue weighted by molar-refractivity contribution is 6.30. The first-order valence-corrected chi connectivity index (χ1v) is 11.5. The van der Waals surface area contributed by atoms with Gasteiger partial charge in [-0.15, -0.1) is 11.6 Å². The van der Waals surface area contributed by atoms with Gasteiger partial charge in [0.25, 0.3) is 5.91 Å². The molecule has 1 unspecified atom stereocenters. The number of rotatable bonds is 1. The molecule has 0 aliphatic carbocycles. The Morgan fingerprint density at radius 2 is 1.64 bits per heavy atom. The van der Waals surface area contributed by atoms with Crippen molar-refractivity contribution >= 4 is 61.1 Å². The Bertz CT molecular complexity index is 1600. The molecule has 33 heavy (non-hydrogen) atoms. The fourth-order valence-electron chi connectivity index (χ4n) is 5.83. The van der Waals surface area contributed by atoms with Gasteiger partial charge in [0.2, 0.25) is 0 Å². The highest BCUT2D eigenvalue weighted by Gasteiger charge is 2.38. The van der Waals surface area contributed by atoms with Gasteiger partial charge in [0.15, 0.2) is 6.23 Å². The SMILES string of the molecule is CCl.COC1[C@@H](O)Cn2c3ccccc3c3c4c(c5c6ccccc6n1c5c32)CN(N)C4=O. The number of carbonyl (C=O) groups excluding carboxylic acids is 1. The average molecular weight is 463 g/mol. The van der Waals surface area contributed by atoms with Gasteiger partial charge < -0.3 is 19.0 Å². The van der Waals surface area contributed by atoms with Crippen molar-refractivity contribution in [1.29, 1.82) is 0 Å². The Balaban J connectivity index is 0.00000101. The van der Waals surface area contributed by atoms with Gasteiger partial charge in [0.05, 0.1) is 35.2 Å². The second-order valence-electron chi connectivity index (χ2n) is 8.44. The van der Waals surface area contributed by atoms with E-state index in [9.17, 15) is 9.90 Å². The number of hydrogen-bond acceptors (Lipinski definition) is 4. The lowest BCUT2D eigenvalue weighted by Gasteiger charge is -2.23. The van der Waals surface area contributed by atoms with E-state index in [2.05, 4.69) is 26.8 Å². The van der Waals surface area contributed by atoms with Crippen molar-refractivity contribution in [1.82, 2.24) is 14.1 Å². The predicted octanol–water partition coefficient (Wildman–Crippen LogP) is 4.11. The minimum absolute atomic E-state index is 0.162. The Labute approximate surface area is 194 Å². The lowest BCUT2D eigenvalue weighted by molar-refractivity contribution is -0.0574. The number of fused-ring (bicyclic) bond motifs is 9. The Kier molecular flexibility index (Phi) is 4.47. The molecular formula is C25H23ClN4O3. The maximum Gasteiger partial charge on any atom is 0.269 e. The fraction of sp³-hybridized carbons (Fsp3) is 0.240. The normalized spacial score (nSPS) is 19.5. The summed E-state index contributed by atoms with van der Waals surface area (Å²) in [6.07, 6.45) is 0.167.